The fraction of sp³-hybridized carbons (Fsp3) is 0.571. The predicted octanol–water partition coefficient (Wildman–Crippen LogP) is 1.57. The second-order valence-electron chi connectivity index (χ2n) is 5.41. The maximum absolute atomic E-state index is 12.6. The highest BCUT2D eigenvalue weighted by molar-refractivity contribution is 7.89. The molecular weight excluding hydrogens is 276 g/mol. The number of nitrogen functional groups attached to an aromatic ring is 1. The van der Waals surface area contributed by atoms with Gasteiger partial charge in [-0.3, -0.25) is 0 Å². The smallest absolute Gasteiger partial charge is 0.241 e. The van der Waals surface area contributed by atoms with Crippen molar-refractivity contribution in [2.24, 2.45) is 5.92 Å². The number of nitrogens with one attached hydrogen (secondary N) is 1. The maximum Gasteiger partial charge on any atom is 0.241 e. The Bertz CT molecular complexity index is 568. The second-order valence-corrected chi connectivity index (χ2v) is 7.06. The molecule has 0 aliphatic heterocycles. The van der Waals surface area contributed by atoms with E-state index < -0.39 is 10.0 Å². The zero-order chi connectivity index (χ0) is 15.5. The summed E-state index contributed by atoms with van der Waals surface area (Å²) in [6, 6.07) is 3.11. The number of hydrogen-bond donors (Lipinski definition) is 3. The standard InChI is InChI=1S/C14H24N2O3S/c1-9(2)13(7-8-17)16-20(18,19)14-10(3)5-6-12(15)11(14)4/h5-6,9,13,16-17H,7-8,15H2,1-4H3. The molecule has 114 valence electrons. The number of aliphatic hydroxyl groups is 1. The Hall–Kier alpha value is -1.11. The van der Waals surface area contributed by atoms with Gasteiger partial charge in [0.2, 0.25) is 10.0 Å². The summed E-state index contributed by atoms with van der Waals surface area (Å²) < 4.78 is 27.8. The van der Waals surface area contributed by atoms with E-state index in [1.54, 1.807) is 26.0 Å². The fourth-order valence-electron chi connectivity index (χ4n) is 2.18. The molecule has 0 spiro atoms. The number of aliphatic hydroxyl groups excluding tert-OH is 1. The molecule has 1 aromatic rings. The van der Waals surface area contributed by atoms with Crippen LogP contribution in [0.5, 0.6) is 0 Å². The van der Waals surface area contributed by atoms with Crippen LogP contribution in [0.1, 0.15) is 31.4 Å². The molecule has 0 fully saturated rings. The first kappa shape index (κ1) is 16.9. The molecule has 0 amide bonds. The van der Waals surface area contributed by atoms with E-state index in [-0.39, 0.29) is 23.5 Å². The molecule has 1 rings (SSSR count). The number of nitrogens with two attached hydrogens (primary N) is 1. The Kier molecular flexibility index (Phi) is 5.56. The first-order chi connectivity index (χ1) is 9.20. The molecule has 0 saturated carbocycles. The third-order valence-corrected chi connectivity index (χ3v) is 5.24. The van der Waals surface area contributed by atoms with Crippen molar-refractivity contribution in [3.05, 3.63) is 23.3 Å². The Morgan fingerprint density at radius 2 is 1.90 bits per heavy atom. The van der Waals surface area contributed by atoms with Gasteiger partial charge >= 0.3 is 0 Å². The number of rotatable bonds is 6. The van der Waals surface area contributed by atoms with Crippen molar-refractivity contribution in [1.29, 1.82) is 0 Å². The van der Waals surface area contributed by atoms with Gasteiger partial charge in [-0.1, -0.05) is 19.9 Å². The monoisotopic (exact) mass is 300 g/mol. The van der Waals surface area contributed by atoms with Crippen molar-refractivity contribution in [3.8, 4) is 0 Å². The van der Waals surface area contributed by atoms with Gasteiger partial charge in [0.15, 0.2) is 0 Å². The van der Waals surface area contributed by atoms with E-state index in [2.05, 4.69) is 4.72 Å². The molecular formula is C14H24N2O3S. The van der Waals surface area contributed by atoms with Gasteiger partial charge in [-0.05, 0) is 43.4 Å². The van der Waals surface area contributed by atoms with Crippen LogP contribution >= 0.6 is 0 Å². The molecule has 5 nitrogen and oxygen atoms in total. The summed E-state index contributed by atoms with van der Waals surface area (Å²) in [5, 5.41) is 9.05. The van der Waals surface area contributed by atoms with Gasteiger partial charge in [0.05, 0.1) is 4.90 Å². The van der Waals surface area contributed by atoms with Crippen LogP contribution < -0.4 is 10.5 Å². The summed E-state index contributed by atoms with van der Waals surface area (Å²) >= 11 is 0. The van der Waals surface area contributed by atoms with Crippen LogP contribution in [-0.2, 0) is 10.0 Å². The molecule has 4 N–H and O–H groups in total. The summed E-state index contributed by atoms with van der Waals surface area (Å²) in [4.78, 5) is 0.237. The van der Waals surface area contributed by atoms with Crippen molar-refractivity contribution < 1.29 is 13.5 Å². The molecule has 0 saturated heterocycles. The van der Waals surface area contributed by atoms with Gasteiger partial charge in [0, 0.05) is 18.3 Å². The minimum atomic E-state index is -3.65. The minimum Gasteiger partial charge on any atom is -0.398 e. The van der Waals surface area contributed by atoms with Crippen molar-refractivity contribution in [2.45, 2.75) is 45.1 Å². The maximum atomic E-state index is 12.6. The lowest BCUT2D eigenvalue weighted by Gasteiger charge is -2.23. The Morgan fingerprint density at radius 3 is 2.40 bits per heavy atom. The van der Waals surface area contributed by atoms with E-state index in [1.165, 1.54) is 0 Å². The lowest BCUT2D eigenvalue weighted by Crippen LogP contribution is -2.39. The van der Waals surface area contributed by atoms with Crippen LogP contribution in [0.15, 0.2) is 17.0 Å². The highest BCUT2D eigenvalue weighted by atomic mass is 32.2. The van der Waals surface area contributed by atoms with Gasteiger partial charge < -0.3 is 10.8 Å². The third kappa shape index (κ3) is 3.71. The average molecular weight is 300 g/mol. The largest absolute Gasteiger partial charge is 0.398 e. The molecule has 0 radical (unpaired) electrons. The first-order valence-electron chi connectivity index (χ1n) is 6.69. The van der Waals surface area contributed by atoms with E-state index >= 15 is 0 Å². The van der Waals surface area contributed by atoms with Gasteiger partial charge in [0.25, 0.3) is 0 Å². The van der Waals surface area contributed by atoms with E-state index in [4.69, 9.17) is 10.8 Å². The second kappa shape index (κ2) is 6.56. The van der Waals surface area contributed by atoms with Crippen molar-refractivity contribution in [1.82, 2.24) is 4.72 Å². The van der Waals surface area contributed by atoms with Gasteiger partial charge in [0.1, 0.15) is 0 Å². The van der Waals surface area contributed by atoms with Crippen LogP contribution in [0.4, 0.5) is 5.69 Å². The topological polar surface area (TPSA) is 92.4 Å². The Balaban J connectivity index is 3.21. The molecule has 1 atom stereocenters. The van der Waals surface area contributed by atoms with E-state index in [9.17, 15) is 8.42 Å². The van der Waals surface area contributed by atoms with Crippen molar-refractivity contribution in [3.63, 3.8) is 0 Å². The van der Waals surface area contributed by atoms with Crippen LogP contribution in [0, 0.1) is 19.8 Å². The van der Waals surface area contributed by atoms with E-state index in [1.807, 2.05) is 13.8 Å². The molecule has 0 bridgehead atoms. The molecule has 0 aliphatic rings. The SMILES string of the molecule is Cc1ccc(N)c(C)c1S(=O)(=O)NC(CCO)C(C)C. The van der Waals surface area contributed by atoms with E-state index in [0.29, 0.717) is 23.2 Å². The lowest BCUT2D eigenvalue weighted by molar-refractivity contribution is 0.256. The van der Waals surface area contributed by atoms with E-state index in [0.717, 1.165) is 0 Å². The Morgan fingerprint density at radius 1 is 1.30 bits per heavy atom. The van der Waals surface area contributed by atoms with Crippen molar-refractivity contribution >= 4 is 15.7 Å². The molecule has 20 heavy (non-hydrogen) atoms. The summed E-state index contributed by atoms with van der Waals surface area (Å²) in [5.41, 5.74) is 7.48. The number of aryl methyl sites for hydroxylation is 1. The molecule has 0 aliphatic carbocycles. The van der Waals surface area contributed by atoms with Crippen LogP contribution in [0.3, 0.4) is 0 Å². The zero-order valence-corrected chi connectivity index (χ0v) is 13.3. The number of sulfonamides is 1. The van der Waals surface area contributed by atoms with Crippen LogP contribution in [0.25, 0.3) is 0 Å². The zero-order valence-electron chi connectivity index (χ0n) is 12.5. The number of hydrogen-bond acceptors (Lipinski definition) is 4. The summed E-state index contributed by atoms with van der Waals surface area (Å²) in [7, 11) is -3.65. The molecule has 0 heterocycles. The summed E-state index contributed by atoms with van der Waals surface area (Å²) in [6.45, 7) is 7.23. The fourth-order valence-corrected chi connectivity index (χ4v) is 4.10. The summed E-state index contributed by atoms with van der Waals surface area (Å²) in [6.07, 6.45) is 0.386. The first-order valence-corrected chi connectivity index (χ1v) is 8.18. The predicted molar refractivity (Wildman–Crippen MR) is 81.0 cm³/mol. The summed E-state index contributed by atoms with van der Waals surface area (Å²) in [5.74, 6) is 0.0959. The number of anilines is 1. The van der Waals surface area contributed by atoms with Crippen LogP contribution in [-0.4, -0.2) is 26.2 Å². The normalized spacial score (nSPS) is 13.7. The quantitative estimate of drug-likeness (QED) is 0.695. The molecule has 6 heteroatoms. The lowest BCUT2D eigenvalue weighted by atomic mass is 10.0. The minimum absolute atomic E-state index is 0.0553. The molecule has 1 aromatic carbocycles. The highest BCUT2D eigenvalue weighted by Crippen LogP contribution is 2.25. The van der Waals surface area contributed by atoms with Gasteiger partial charge in [-0.15, -0.1) is 0 Å². The molecule has 0 aromatic heterocycles. The van der Waals surface area contributed by atoms with Gasteiger partial charge in [-0.25, -0.2) is 13.1 Å². The third-order valence-electron chi connectivity index (χ3n) is 3.46. The average Bonchev–Trinajstić information content (AvgIpc) is 2.33. The Labute approximate surface area is 121 Å². The molecule has 1 unspecified atom stereocenters. The van der Waals surface area contributed by atoms with Gasteiger partial charge in [-0.2, -0.15) is 0 Å². The number of benzene rings is 1. The van der Waals surface area contributed by atoms with Crippen molar-refractivity contribution in [2.75, 3.05) is 12.3 Å². The van der Waals surface area contributed by atoms with Crippen LogP contribution in [0.2, 0.25) is 0 Å². The highest BCUT2D eigenvalue weighted by Gasteiger charge is 2.25.